The van der Waals surface area contributed by atoms with Gasteiger partial charge >= 0.3 is 0 Å². The van der Waals surface area contributed by atoms with Crippen LogP contribution in [0.1, 0.15) is 90.9 Å². The lowest BCUT2D eigenvalue weighted by Gasteiger charge is -2.62. The number of carbonyl (C=O) groups excluding carboxylic acids is 1. The first-order chi connectivity index (χ1) is 14.0. The van der Waals surface area contributed by atoms with E-state index < -0.39 is 0 Å². The minimum absolute atomic E-state index is 0.380. The summed E-state index contributed by atoms with van der Waals surface area (Å²) in [6, 6.07) is 0. The number of ketones is 1. The molecule has 0 aromatic rings. The van der Waals surface area contributed by atoms with Crippen LogP contribution in [0.15, 0.2) is 0 Å². The van der Waals surface area contributed by atoms with Crippen LogP contribution >= 0.6 is 0 Å². The summed E-state index contributed by atoms with van der Waals surface area (Å²) in [7, 11) is 1.73. The first-order valence-electron chi connectivity index (χ1n) is 12.6. The molecule has 5 rings (SSSR count). The highest BCUT2D eigenvalue weighted by atomic mass is 16.7. The van der Waals surface area contributed by atoms with E-state index in [2.05, 4.69) is 6.92 Å². The van der Waals surface area contributed by atoms with Crippen molar-refractivity contribution in [2.45, 2.75) is 97.0 Å². The van der Waals surface area contributed by atoms with Crippen LogP contribution in [-0.2, 0) is 14.3 Å². The molecule has 0 bridgehead atoms. The molecule has 3 nitrogen and oxygen atoms in total. The summed E-state index contributed by atoms with van der Waals surface area (Å²) in [6.45, 7) is 4.97. The van der Waals surface area contributed by atoms with E-state index in [4.69, 9.17) is 9.47 Å². The Morgan fingerprint density at radius 3 is 2.55 bits per heavy atom. The fourth-order valence-electron chi connectivity index (χ4n) is 9.82. The zero-order valence-corrected chi connectivity index (χ0v) is 19.0. The topological polar surface area (TPSA) is 35.5 Å². The lowest BCUT2D eigenvalue weighted by molar-refractivity contribution is -0.161. The van der Waals surface area contributed by atoms with Crippen molar-refractivity contribution in [1.82, 2.24) is 0 Å². The highest BCUT2D eigenvalue weighted by molar-refractivity contribution is 5.78. The van der Waals surface area contributed by atoms with Crippen molar-refractivity contribution in [3.63, 3.8) is 0 Å². The summed E-state index contributed by atoms with van der Waals surface area (Å²) < 4.78 is 11.1. The molecule has 29 heavy (non-hydrogen) atoms. The minimum Gasteiger partial charge on any atom is -0.359 e. The van der Waals surface area contributed by atoms with Crippen LogP contribution in [0.25, 0.3) is 0 Å². The van der Waals surface area contributed by atoms with Gasteiger partial charge in [-0.05, 0) is 118 Å². The molecule has 5 fully saturated rings. The molecule has 5 aliphatic rings. The van der Waals surface area contributed by atoms with Gasteiger partial charge in [0.15, 0.2) is 0 Å². The largest absolute Gasteiger partial charge is 0.359 e. The van der Waals surface area contributed by atoms with E-state index in [1.165, 1.54) is 77.0 Å². The van der Waals surface area contributed by atoms with Gasteiger partial charge in [0.1, 0.15) is 12.6 Å². The summed E-state index contributed by atoms with van der Waals surface area (Å²) in [5, 5.41) is 0. The van der Waals surface area contributed by atoms with E-state index >= 15 is 0 Å². The van der Waals surface area contributed by atoms with Gasteiger partial charge in [-0.25, -0.2) is 0 Å². The quantitative estimate of drug-likeness (QED) is 0.541. The fourth-order valence-corrected chi connectivity index (χ4v) is 9.82. The van der Waals surface area contributed by atoms with Crippen molar-refractivity contribution in [1.29, 1.82) is 0 Å². The van der Waals surface area contributed by atoms with Crippen LogP contribution in [0, 0.1) is 46.3 Å². The maximum Gasteiger partial charge on any atom is 0.146 e. The van der Waals surface area contributed by atoms with Crippen molar-refractivity contribution in [3.05, 3.63) is 0 Å². The molecule has 5 saturated carbocycles. The average Bonchev–Trinajstić information content (AvgIpc) is 3.12. The second-order valence-corrected chi connectivity index (χ2v) is 11.7. The Labute approximate surface area is 177 Å². The Balaban J connectivity index is 1.35. The third kappa shape index (κ3) is 3.08. The van der Waals surface area contributed by atoms with Gasteiger partial charge in [-0.1, -0.05) is 13.3 Å². The minimum atomic E-state index is 0.380. The number of hydrogen-bond donors (Lipinski definition) is 0. The van der Waals surface area contributed by atoms with Gasteiger partial charge in [0.2, 0.25) is 0 Å². The number of rotatable bonds is 4. The Bertz CT molecular complexity index is 631. The van der Waals surface area contributed by atoms with Crippen LogP contribution in [-0.4, -0.2) is 25.8 Å². The van der Waals surface area contributed by atoms with Crippen molar-refractivity contribution in [2.75, 3.05) is 13.9 Å². The molecule has 0 radical (unpaired) electrons. The zero-order valence-electron chi connectivity index (χ0n) is 19.0. The summed E-state index contributed by atoms with van der Waals surface area (Å²) in [5.41, 5.74) is 1.04. The van der Waals surface area contributed by atoms with E-state index in [-0.39, 0.29) is 0 Å². The van der Waals surface area contributed by atoms with E-state index in [9.17, 15) is 4.79 Å². The Kier molecular flexibility index (Phi) is 5.39. The highest BCUT2D eigenvalue weighted by Gasteiger charge is 2.63. The summed E-state index contributed by atoms with van der Waals surface area (Å²) in [4.78, 5) is 12.4. The maximum atomic E-state index is 12.4. The first kappa shape index (κ1) is 20.5. The normalized spacial score (nSPS) is 51.5. The number of methoxy groups -OCH3 is 1. The van der Waals surface area contributed by atoms with Crippen LogP contribution in [0.3, 0.4) is 0 Å². The number of Topliss-reactive ketones (excluding diaryl/α,β-unsaturated/α-hetero) is 1. The Hall–Kier alpha value is -0.410. The van der Waals surface area contributed by atoms with Gasteiger partial charge in [0.05, 0.1) is 6.10 Å². The number of hydrogen-bond acceptors (Lipinski definition) is 3. The molecule has 0 aromatic carbocycles. The third-order valence-electron chi connectivity index (χ3n) is 11.0. The molecule has 1 spiro atoms. The summed E-state index contributed by atoms with van der Waals surface area (Å²) >= 11 is 0. The summed E-state index contributed by atoms with van der Waals surface area (Å²) in [5.74, 6) is 5.17. The Morgan fingerprint density at radius 2 is 1.76 bits per heavy atom. The smallest absolute Gasteiger partial charge is 0.146 e. The van der Waals surface area contributed by atoms with Crippen LogP contribution in [0.2, 0.25) is 0 Å². The molecular weight excluding hydrogens is 360 g/mol. The molecule has 3 unspecified atom stereocenters. The van der Waals surface area contributed by atoms with Gasteiger partial charge < -0.3 is 9.47 Å². The van der Waals surface area contributed by atoms with Crippen LogP contribution in [0.4, 0.5) is 0 Å². The monoisotopic (exact) mass is 402 g/mol. The molecule has 0 heterocycles. The predicted octanol–water partition coefficient (Wildman–Crippen LogP) is 6.00. The van der Waals surface area contributed by atoms with E-state index in [1.54, 1.807) is 7.11 Å². The third-order valence-corrected chi connectivity index (χ3v) is 11.0. The number of ether oxygens (including phenoxy) is 2. The van der Waals surface area contributed by atoms with Crippen molar-refractivity contribution < 1.29 is 14.3 Å². The van der Waals surface area contributed by atoms with Gasteiger partial charge in [0, 0.05) is 13.0 Å². The molecule has 0 aliphatic heterocycles. The lowest BCUT2D eigenvalue weighted by Crippen LogP contribution is -2.55. The highest BCUT2D eigenvalue weighted by Crippen LogP contribution is 2.70. The average molecular weight is 403 g/mol. The van der Waals surface area contributed by atoms with Gasteiger partial charge in [-0.2, -0.15) is 0 Å². The second kappa shape index (κ2) is 7.62. The molecule has 0 N–H and O–H groups in total. The van der Waals surface area contributed by atoms with Gasteiger partial charge in [-0.3, -0.25) is 4.79 Å². The number of fused-ring (bicyclic) bond motifs is 4. The Morgan fingerprint density at radius 1 is 0.931 bits per heavy atom. The summed E-state index contributed by atoms with van der Waals surface area (Å²) in [6.07, 6.45) is 16.5. The molecule has 0 saturated heterocycles. The number of carbonyl (C=O) groups is 1. The van der Waals surface area contributed by atoms with E-state index in [0.29, 0.717) is 41.3 Å². The zero-order chi connectivity index (χ0) is 20.2. The van der Waals surface area contributed by atoms with Crippen molar-refractivity contribution in [2.24, 2.45) is 46.3 Å². The SMILES string of the molecule is COCO[C@@H]1CC[C@]2(C)C3CC[C@@]45CCC[C@H](C(C)=O)[C@H]4CCC5C3CC[C@H]2C1. The molecule has 0 amide bonds. The molecular formula is C26H42O3. The maximum absolute atomic E-state index is 12.4. The molecule has 164 valence electrons. The molecule has 9 atom stereocenters. The molecule has 0 aromatic heterocycles. The first-order valence-corrected chi connectivity index (χ1v) is 12.6. The van der Waals surface area contributed by atoms with Gasteiger partial charge in [0.25, 0.3) is 0 Å². The van der Waals surface area contributed by atoms with Crippen molar-refractivity contribution >= 4 is 5.78 Å². The van der Waals surface area contributed by atoms with Crippen LogP contribution in [0.5, 0.6) is 0 Å². The second-order valence-electron chi connectivity index (χ2n) is 11.7. The van der Waals surface area contributed by atoms with Crippen LogP contribution < -0.4 is 0 Å². The predicted molar refractivity (Wildman–Crippen MR) is 114 cm³/mol. The molecule has 5 aliphatic carbocycles. The van der Waals surface area contributed by atoms with E-state index in [0.717, 1.165) is 23.7 Å². The van der Waals surface area contributed by atoms with Crippen molar-refractivity contribution in [3.8, 4) is 0 Å². The van der Waals surface area contributed by atoms with Gasteiger partial charge in [-0.15, -0.1) is 0 Å². The fraction of sp³-hybridized carbons (Fsp3) is 0.962. The van der Waals surface area contributed by atoms with E-state index in [1.807, 2.05) is 6.92 Å². The standard InChI is InChI=1S/C26H42O3/c1-17(27)20-5-4-12-26-14-11-22-21(24(26)9-8-23(20)26)7-6-18-15-19(29-16-28-3)10-13-25(18,22)2/h18-24H,4-16H2,1-3H3/t18-,19+,20+,21?,22?,23+,24?,25-,26-/m0/s1. The molecule has 3 heteroatoms. The lowest BCUT2D eigenvalue weighted by atomic mass is 9.43.